The number of hydrogen-bond donors (Lipinski definition) is 1. The highest BCUT2D eigenvalue weighted by atomic mass is 19.4. The van der Waals surface area contributed by atoms with E-state index in [4.69, 9.17) is 0 Å². The van der Waals surface area contributed by atoms with Gasteiger partial charge in [0.25, 0.3) is 0 Å². The topological polar surface area (TPSA) is 68.0 Å². The molecule has 5 nitrogen and oxygen atoms in total. The van der Waals surface area contributed by atoms with Gasteiger partial charge >= 0.3 is 6.18 Å². The van der Waals surface area contributed by atoms with Crippen LogP contribution in [0.3, 0.4) is 0 Å². The van der Waals surface area contributed by atoms with Crippen LogP contribution in [0, 0.1) is 0 Å². The molecule has 2 aromatic heterocycles. The first-order chi connectivity index (χ1) is 12.8. The van der Waals surface area contributed by atoms with E-state index in [0.29, 0.717) is 36.8 Å². The van der Waals surface area contributed by atoms with E-state index in [1.54, 1.807) is 6.92 Å². The molecule has 0 aliphatic heterocycles. The number of halogens is 3. The number of carbonyl (C=O) groups excluding carboxylic acids is 1. The lowest BCUT2D eigenvalue weighted by molar-refractivity contribution is -0.141. The first-order valence-corrected chi connectivity index (χ1v) is 9.40. The van der Waals surface area contributed by atoms with Crippen molar-refractivity contribution in [3.05, 3.63) is 23.7 Å². The van der Waals surface area contributed by atoms with Gasteiger partial charge in [-0.05, 0) is 51.2 Å². The Labute approximate surface area is 155 Å². The Bertz CT molecular complexity index is 810. The van der Waals surface area contributed by atoms with Crippen molar-refractivity contribution in [1.82, 2.24) is 14.5 Å². The Kier molecular flexibility index (Phi) is 5.83. The number of aliphatic hydroxyl groups is 1. The van der Waals surface area contributed by atoms with E-state index >= 15 is 0 Å². The number of fused-ring (bicyclic) bond motifs is 1. The van der Waals surface area contributed by atoms with Crippen LogP contribution in [-0.4, -0.2) is 31.5 Å². The average molecular weight is 383 g/mol. The van der Waals surface area contributed by atoms with Crippen LogP contribution in [0.2, 0.25) is 0 Å². The summed E-state index contributed by atoms with van der Waals surface area (Å²) in [5.74, 6) is 0.762. The zero-order chi connectivity index (χ0) is 19.6. The number of nitrogens with zero attached hydrogens (tertiary/aromatic N) is 3. The molecule has 148 valence electrons. The number of aryl methyl sites for hydroxylation is 1. The van der Waals surface area contributed by atoms with Crippen molar-refractivity contribution < 1.29 is 23.1 Å². The van der Waals surface area contributed by atoms with E-state index in [1.165, 1.54) is 6.07 Å². The van der Waals surface area contributed by atoms with Gasteiger partial charge in [-0.1, -0.05) is 0 Å². The minimum Gasteiger partial charge on any atom is -0.393 e. The number of ketones is 1. The Morgan fingerprint density at radius 3 is 2.63 bits per heavy atom. The van der Waals surface area contributed by atoms with Crippen molar-refractivity contribution in [3.8, 4) is 0 Å². The molecule has 1 N–H and O–H groups in total. The van der Waals surface area contributed by atoms with Crippen LogP contribution in [0.5, 0.6) is 0 Å². The molecule has 27 heavy (non-hydrogen) atoms. The summed E-state index contributed by atoms with van der Waals surface area (Å²) in [5, 5.41) is 9.23. The van der Waals surface area contributed by atoms with Gasteiger partial charge in [0.1, 0.15) is 22.8 Å². The van der Waals surface area contributed by atoms with Crippen molar-refractivity contribution in [2.24, 2.45) is 0 Å². The van der Waals surface area contributed by atoms with Gasteiger partial charge in [-0.3, -0.25) is 4.79 Å². The number of aromatic nitrogens is 3. The zero-order valence-electron chi connectivity index (χ0n) is 15.3. The molecule has 1 aliphatic rings. The Morgan fingerprint density at radius 2 is 2.04 bits per heavy atom. The quantitative estimate of drug-likeness (QED) is 0.693. The predicted octanol–water partition coefficient (Wildman–Crippen LogP) is 4.23. The van der Waals surface area contributed by atoms with Gasteiger partial charge in [-0.15, -0.1) is 0 Å². The maximum Gasteiger partial charge on any atom is 0.433 e. The third-order valence-electron chi connectivity index (χ3n) is 4.97. The molecule has 3 rings (SSSR count). The van der Waals surface area contributed by atoms with Crippen LogP contribution in [0.4, 0.5) is 13.2 Å². The van der Waals surface area contributed by atoms with E-state index in [9.17, 15) is 23.1 Å². The Morgan fingerprint density at radius 1 is 1.30 bits per heavy atom. The Balaban J connectivity index is 1.75. The minimum atomic E-state index is -4.48. The van der Waals surface area contributed by atoms with Crippen molar-refractivity contribution in [3.63, 3.8) is 0 Å². The van der Waals surface area contributed by atoms with E-state index in [-0.39, 0.29) is 18.2 Å². The molecule has 8 heteroatoms. The number of hydrogen-bond acceptors (Lipinski definition) is 4. The fraction of sp³-hybridized carbons (Fsp3) is 0.632. The highest BCUT2D eigenvalue weighted by Gasteiger charge is 2.34. The van der Waals surface area contributed by atoms with Crippen LogP contribution < -0.4 is 0 Å². The smallest absolute Gasteiger partial charge is 0.393 e. The summed E-state index contributed by atoms with van der Waals surface area (Å²) in [6.45, 7) is 1.58. The van der Waals surface area contributed by atoms with Crippen molar-refractivity contribution in [1.29, 1.82) is 0 Å². The molecule has 0 aromatic carbocycles. The third-order valence-corrected chi connectivity index (χ3v) is 4.97. The predicted molar refractivity (Wildman–Crippen MR) is 94.3 cm³/mol. The lowest BCUT2D eigenvalue weighted by atomic mass is 9.92. The van der Waals surface area contributed by atoms with Gasteiger partial charge in [0.2, 0.25) is 0 Å². The number of unbranched alkanes of at least 4 members (excludes halogenated alkanes) is 1. The maximum absolute atomic E-state index is 13.0. The van der Waals surface area contributed by atoms with E-state index in [2.05, 4.69) is 9.97 Å². The second kappa shape index (κ2) is 7.96. The van der Waals surface area contributed by atoms with Gasteiger partial charge < -0.3 is 9.67 Å². The zero-order valence-corrected chi connectivity index (χ0v) is 15.3. The van der Waals surface area contributed by atoms with Crippen molar-refractivity contribution in [2.75, 3.05) is 0 Å². The van der Waals surface area contributed by atoms with Crippen LogP contribution >= 0.6 is 0 Å². The van der Waals surface area contributed by atoms with Crippen LogP contribution in [0.1, 0.15) is 69.4 Å². The summed E-state index contributed by atoms with van der Waals surface area (Å²) in [7, 11) is 0. The number of pyridine rings is 1. The molecule has 1 aliphatic carbocycles. The molecule has 0 saturated heterocycles. The van der Waals surface area contributed by atoms with Gasteiger partial charge in [-0.25, -0.2) is 9.97 Å². The Hall–Kier alpha value is -1.96. The number of aliphatic hydroxyl groups excluding tert-OH is 1. The molecule has 0 bridgehead atoms. The summed E-state index contributed by atoms with van der Waals surface area (Å²) >= 11 is 0. The summed E-state index contributed by atoms with van der Waals surface area (Å²) < 4.78 is 40.9. The van der Waals surface area contributed by atoms with Crippen molar-refractivity contribution in [2.45, 2.75) is 76.6 Å². The average Bonchev–Trinajstić information content (AvgIpc) is 2.86. The van der Waals surface area contributed by atoms with Gasteiger partial charge in [-0.2, -0.15) is 13.2 Å². The molecule has 0 spiro atoms. The highest BCUT2D eigenvalue weighted by Crippen LogP contribution is 2.36. The maximum atomic E-state index is 13.0. The van der Waals surface area contributed by atoms with Crippen LogP contribution in [0.15, 0.2) is 12.1 Å². The summed E-state index contributed by atoms with van der Waals surface area (Å²) in [5.41, 5.74) is -0.115. The molecular weight excluding hydrogens is 359 g/mol. The van der Waals surface area contributed by atoms with Gasteiger partial charge in [0.15, 0.2) is 5.65 Å². The fourth-order valence-corrected chi connectivity index (χ4v) is 3.42. The summed E-state index contributed by atoms with van der Waals surface area (Å²) in [4.78, 5) is 20.0. The molecule has 1 saturated carbocycles. The first kappa shape index (κ1) is 19.8. The SMILES string of the molecule is C[C@H](O)CC(=O)CCCCc1nc2ccc(C(F)(F)F)nc2n1C1CCC1. The molecular formula is C19H24F3N3O2. The van der Waals surface area contributed by atoms with E-state index < -0.39 is 18.0 Å². The first-order valence-electron chi connectivity index (χ1n) is 9.40. The summed E-state index contributed by atoms with van der Waals surface area (Å²) in [6, 6.07) is 2.51. The number of Topliss-reactive ketones (excluding diaryl/α,β-unsaturated/α-hetero) is 1. The molecule has 0 amide bonds. The monoisotopic (exact) mass is 383 g/mol. The van der Waals surface area contributed by atoms with E-state index in [0.717, 1.165) is 31.2 Å². The fourth-order valence-electron chi connectivity index (χ4n) is 3.42. The second-order valence-electron chi connectivity index (χ2n) is 7.32. The number of imidazole rings is 1. The third kappa shape index (κ3) is 4.66. The van der Waals surface area contributed by atoms with Gasteiger partial charge in [0, 0.05) is 25.3 Å². The molecule has 2 heterocycles. The lowest BCUT2D eigenvalue weighted by Gasteiger charge is -2.28. The molecule has 0 unspecified atom stereocenters. The normalized spacial score (nSPS) is 16.5. The molecule has 0 radical (unpaired) electrons. The van der Waals surface area contributed by atoms with Crippen LogP contribution in [-0.2, 0) is 17.4 Å². The molecule has 1 atom stereocenters. The number of rotatable bonds is 8. The number of carbonyl (C=O) groups is 1. The highest BCUT2D eigenvalue weighted by molar-refractivity contribution is 5.78. The largest absolute Gasteiger partial charge is 0.433 e. The molecule has 2 aromatic rings. The van der Waals surface area contributed by atoms with Crippen molar-refractivity contribution >= 4 is 16.9 Å². The summed E-state index contributed by atoms with van der Waals surface area (Å²) in [6.07, 6.45) is 0.311. The van der Waals surface area contributed by atoms with Gasteiger partial charge in [0.05, 0.1) is 6.10 Å². The van der Waals surface area contributed by atoms with E-state index in [1.807, 2.05) is 4.57 Å². The molecule has 1 fully saturated rings. The standard InChI is InChI=1S/C19H24F3N3O2/c1-12(26)11-14(27)7-2-3-8-17-23-15-9-10-16(19(20,21)22)24-18(15)25(17)13-5-4-6-13/h9-10,12-13,26H,2-8,11H2,1H3/t12-/m0/s1. The lowest BCUT2D eigenvalue weighted by Crippen LogP contribution is -2.20. The minimum absolute atomic E-state index is 0.0222. The number of alkyl halides is 3. The second-order valence-corrected chi connectivity index (χ2v) is 7.32. The van der Waals surface area contributed by atoms with Crippen LogP contribution in [0.25, 0.3) is 11.2 Å².